The summed E-state index contributed by atoms with van der Waals surface area (Å²) in [6, 6.07) is 7.02. The topological polar surface area (TPSA) is 72.9 Å². The van der Waals surface area contributed by atoms with Crippen molar-refractivity contribution in [3.63, 3.8) is 0 Å². The van der Waals surface area contributed by atoms with Gasteiger partial charge in [0.25, 0.3) is 5.91 Å². The Morgan fingerprint density at radius 1 is 1.27 bits per heavy atom. The zero-order valence-electron chi connectivity index (χ0n) is 15.1. The molecule has 0 saturated carbocycles. The average molecular weight is 357 g/mol. The van der Waals surface area contributed by atoms with Crippen LogP contribution < -0.4 is 5.32 Å². The van der Waals surface area contributed by atoms with Crippen LogP contribution in [0, 0.1) is 0 Å². The van der Waals surface area contributed by atoms with Gasteiger partial charge in [-0.2, -0.15) is 0 Å². The first-order valence-corrected chi connectivity index (χ1v) is 8.86. The van der Waals surface area contributed by atoms with Crippen LogP contribution in [0.15, 0.2) is 49.6 Å². The highest BCUT2D eigenvalue weighted by Crippen LogP contribution is 2.23. The molecule has 1 heterocycles. The maximum absolute atomic E-state index is 12.9. The van der Waals surface area contributed by atoms with Crippen molar-refractivity contribution >= 4 is 17.5 Å². The maximum atomic E-state index is 12.9. The third-order valence-corrected chi connectivity index (χ3v) is 4.49. The fourth-order valence-electron chi connectivity index (χ4n) is 3.14. The van der Waals surface area contributed by atoms with Gasteiger partial charge in [0.05, 0.1) is 24.8 Å². The molecule has 1 saturated heterocycles. The fraction of sp³-hybridized carbons (Fsp3) is 0.400. The van der Waals surface area contributed by atoms with Crippen LogP contribution in [0.25, 0.3) is 0 Å². The van der Waals surface area contributed by atoms with Gasteiger partial charge in [-0.25, -0.2) is 0 Å². The van der Waals surface area contributed by atoms with Crippen LogP contribution in [0.4, 0.5) is 5.69 Å². The summed E-state index contributed by atoms with van der Waals surface area (Å²) in [5, 5.41) is 12.5. The monoisotopic (exact) mass is 357 g/mol. The Morgan fingerprint density at radius 2 is 1.96 bits per heavy atom. The lowest BCUT2D eigenvalue weighted by Gasteiger charge is -2.25. The first kappa shape index (κ1) is 19.7. The molecule has 0 spiro atoms. The molecule has 0 radical (unpaired) electrons. The van der Waals surface area contributed by atoms with Gasteiger partial charge in [0.1, 0.15) is 0 Å². The summed E-state index contributed by atoms with van der Waals surface area (Å²) in [5.74, 6) is -0.215. The summed E-state index contributed by atoms with van der Waals surface area (Å²) in [6.45, 7) is 8.90. The second-order valence-corrected chi connectivity index (χ2v) is 6.25. The average Bonchev–Trinajstić information content (AvgIpc) is 3.14. The minimum absolute atomic E-state index is 0.0299. The number of anilines is 1. The van der Waals surface area contributed by atoms with Gasteiger partial charge in [-0.15, -0.1) is 13.2 Å². The third kappa shape index (κ3) is 4.73. The van der Waals surface area contributed by atoms with E-state index in [0.29, 0.717) is 30.9 Å². The second kappa shape index (κ2) is 9.77. The van der Waals surface area contributed by atoms with E-state index in [-0.39, 0.29) is 31.0 Å². The van der Waals surface area contributed by atoms with Gasteiger partial charge in [-0.1, -0.05) is 24.3 Å². The Labute approximate surface area is 154 Å². The minimum atomic E-state index is -0.132. The van der Waals surface area contributed by atoms with Gasteiger partial charge in [0, 0.05) is 25.3 Å². The van der Waals surface area contributed by atoms with Gasteiger partial charge in [-0.3, -0.25) is 9.59 Å². The van der Waals surface area contributed by atoms with E-state index in [0.717, 1.165) is 12.8 Å². The number of nitrogens with one attached hydrogen (secondary N) is 1. The van der Waals surface area contributed by atoms with Crippen LogP contribution in [0.5, 0.6) is 0 Å². The smallest absolute Gasteiger partial charge is 0.256 e. The number of rotatable bonds is 9. The number of aliphatic hydroxyl groups excluding tert-OH is 1. The zero-order chi connectivity index (χ0) is 18.9. The first-order chi connectivity index (χ1) is 12.6. The van der Waals surface area contributed by atoms with Crippen molar-refractivity contribution in [2.45, 2.75) is 18.9 Å². The van der Waals surface area contributed by atoms with E-state index in [2.05, 4.69) is 18.5 Å². The molecule has 1 aliphatic rings. The Bertz CT molecular complexity index is 649. The van der Waals surface area contributed by atoms with E-state index in [1.54, 1.807) is 40.2 Å². The Hall–Kier alpha value is -2.60. The summed E-state index contributed by atoms with van der Waals surface area (Å²) in [6.07, 6.45) is 5.04. The molecule has 6 heteroatoms. The molecule has 2 N–H and O–H groups in total. The number of benzene rings is 1. The molecular formula is C20H27N3O3. The largest absolute Gasteiger partial charge is 0.394 e. The van der Waals surface area contributed by atoms with Gasteiger partial charge >= 0.3 is 0 Å². The quantitative estimate of drug-likeness (QED) is 0.662. The summed E-state index contributed by atoms with van der Waals surface area (Å²) < 4.78 is 0. The van der Waals surface area contributed by atoms with E-state index >= 15 is 0 Å². The Morgan fingerprint density at radius 3 is 2.62 bits per heavy atom. The minimum Gasteiger partial charge on any atom is -0.394 e. The van der Waals surface area contributed by atoms with Gasteiger partial charge < -0.3 is 20.2 Å². The van der Waals surface area contributed by atoms with E-state index in [4.69, 9.17) is 0 Å². The summed E-state index contributed by atoms with van der Waals surface area (Å²) >= 11 is 0. The van der Waals surface area contributed by atoms with Crippen molar-refractivity contribution in [2.75, 3.05) is 38.1 Å². The summed E-state index contributed by atoms with van der Waals surface area (Å²) in [5.41, 5.74) is 1.13. The number of aliphatic hydroxyl groups is 1. The van der Waals surface area contributed by atoms with Crippen molar-refractivity contribution in [3.8, 4) is 0 Å². The number of para-hydroxylation sites is 1. The lowest BCUT2D eigenvalue weighted by atomic mass is 10.1. The van der Waals surface area contributed by atoms with Gasteiger partial charge in [0.15, 0.2) is 0 Å². The highest BCUT2D eigenvalue weighted by atomic mass is 16.3. The molecule has 1 aliphatic heterocycles. The molecule has 0 aliphatic carbocycles. The third-order valence-electron chi connectivity index (χ3n) is 4.49. The number of carbonyl (C=O) groups excluding carboxylic acids is 2. The normalized spacial score (nSPS) is 16.2. The second-order valence-electron chi connectivity index (χ2n) is 6.25. The number of likely N-dealkylation sites (tertiary alicyclic amines) is 1. The predicted octanol–water partition coefficient (Wildman–Crippen LogP) is 1.90. The van der Waals surface area contributed by atoms with Crippen LogP contribution in [0.3, 0.4) is 0 Å². The van der Waals surface area contributed by atoms with E-state index in [1.807, 2.05) is 6.07 Å². The first-order valence-electron chi connectivity index (χ1n) is 8.86. The molecule has 26 heavy (non-hydrogen) atoms. The van der Waals surface area contributed by atoms with Gasteiger partial charge in [-0.05, 0) is 25.0 Å². The zero-order valence-corrected chi connectivity index (χ0v) is 15.1. The van der Waals surface area contributed by atoms with Crippen molar-refractivity contribution in [2.24, 2.45) is 0 Å². The van der Waals surface area contributed by atoms with Crippen LogP contribution >= 0.6 is 0 Å². The molecule has 2 rings (SSSR count). The fourth-order valence-corrected chi connectivity index (χ4v) is 3.14. The highest BCUT2D eigenvalue weighted by molar-refractivity contribution is 6.00. The lowest BCUT2D eigenvalue weighted by molar-refractivity contribution is -0.128. The van der Waals surface area contributed by atoms with Crippen molar-refractivity contribution in [1.82, 2.24) is 9.80 Å². The number of carbonyl (C=O) groups is 2. The van der Waals surface area contributed by atoms with E-state index < -0.39 is 0 Å². The van der Waals surface area contributed by atoms with Crippen molar-refractivity contribution in [1.29, 1.82) is 0 Å². The van der Waals surface area contributed by atoms with E-state index in [1.165, 1.54) is 0 Å². The highest BCUT2D eigenvalue weighted by Gasteiger charge is 2.29. The maximum Gasteiger partial charge on any atom is 0.256 e. The van der Waals surface area contributed by atoms with E-state index in [9.17, 15) is 14.7 Å². The van der Waals surface area contributed by atoms with Crippen LogP contribution in [-0.4, -0.2) is 65.5 Å². The van der Waals surface area contributed by atoms with Crippen molar-refractivity contribution in [3.05, 3.63) is 55.1 Å². The Kier molecular flexibility index (Phi) is 7.41. The SMILES string of the molecule is C=CCN(CC=C)C(=O)CNc1ccccc1C(=O)N1CCCC1CO. The standard InChI is InChI=1S/C20H27N3O3/c1-3-11-22(12-4-2)19(25)14-21-18-10-6-5-9-17(18)20(26)23-13-7-8-16(23)15-24/h3-6,9-10,16,21,24H,1-2,7-8,11-15H2. The van der Waals surface area contributed by atoms with Crippen LogP contribution in [-0.2, 0) is 4.79 Å². The molecule has 6 nitrogen and oxygen atoms in total. The molecule has 1 aromatic carbocycles. The molecule has 0 aromatic heterocycles. The summed E-state index contributed by atoms with van der Waals surface area (Å²) in [7, 11) is 0. The number of amides is 2. The summed E-state index contributed by atoms with van der Waals surface area (Å²) in [4.78, 5) is 28.6. The molecule has 140 valence electrons. The lowest BCUT2D eigenvalue weighted by Crippen LogP contribution is -2.38. The Balaban J connectivity index is 2.09. The molecule has 1 aromatic rings. The molecule has 2 amide bonds. The van der Waals surface area contributed by atoms with Crippen molar-refractivity contribution < 1.29 is 14.7 Å². The van der Waals surface area contributed by atoms with Crippen LogP contribution in [0.1, 0.15) is 23.2 Å². The number of nitrogens with zero attached hydrogens (tertiary/aromatic N) is 2. The molecule has 1 fully saturated rings. The van der Waals surface area contributed by atoms with Gasteiger partial charge in [0.2, 0.25) is 5.91 Å². The molecule has 0 bridgehead atoms. The molecule has 1 atom stereocenters. The number of hydrogen-bond acceptors (Lipinski definition) is 4. The molecular weight excluding hydrogens is 330 g/mol. The van der Waals surface area contributed by atoms with Crippen LogP contribution in [0.2, 0.25) is 0 Å². The predicted molar refractivity (Wildman–Crippen MR) is 103 cm³/mol. The number of hydrogen-bond donors (Lipinski definition) is 2. The molecule has 1 unspecified atom stereocenters.